The first kappa shape index (κ1) is 11.6. The van der Waals surface area contributed by atoms with Crippen molar-refractivity contribution in [3.05, 3.63) is 35.9 Å². The van der Waals surface area contributed by atoms with Gasteiger partial charge in [-0.1, -0.05) is 37.3 Å². The zero-order valence-electron chi connectivity index (χ0n) is 9.40. The monoisotopic (exact) mass is 237 g/mol. The van der Waals surface area contributed by atoms with Gasteiger partial charge in [0.15, 0.2) is 0 Å². The Morgan fingerprint density at radius 2 is 2.06 bits per heavy atom. The third kappa shape index (κ3) is 2.63. The summed E-state index contributed by atoms with van der Waals surface area (Å²) < 4.78 is 0. The SMILES string of the molecule is CC1CN(Cc2ccccc2)CC1C(=O)Cl. The smallest absolute Gasteiger partial charge is 0.226 e. The van der Waals surface area contributed by atoms with Crippen molar-refractivity contribution in [3.8, 4) is 0 Å². The molecule has 2 nitrogen and oxygen atoms in total. The summed E-state index contributed by atoms with van der Waals surface area (Å²) in [7, 11) is 0. The summed E-state index contributed by atoms with van der Waals surface area (Å²) in [4.78, 5) is 13.5. The fourth-order valence-corrected chi connectivity index (χ4v) is 2.62. The second-order valence-electron chi connectivity index (χ2n) is 4.57. The highest BCUT2D eigenvalue weighted by Gasteiger charge is 2.33. The molecule has 1 aliphatic heterocycles. The van der Waals surface area contributed by atoms with Gasteiger partial charge in [0.2, 0.25) is 5.24 Å². The van der Waals surface area contributed by atoms with E-state index in [4.69, 9.17) is 11.6 Å². The molecule has 2 unspecified atom stereocenters. The Kier molecular flexibility index (Phi) is 3.62. The first-order valence-corrected chi connectivity index (χ1v) is 6.00. The van der Waals surface area contributed by atoms with Gasteiger partial charge in [-0.2, -0.15) is 0 Å². The molecule has 0 aliphatic carbocycles. The first-order chi connectivity index (χ1) is 7.66. The van der Waals surface area contributed by atoms with E-state index in [1.165, 1.54) is 5.56 Å². The molecule has 3 heteroatoms. The van der Waals surface area contributed by atoms with Gasteiger partial charge in [0.25, 0.3) is 0 Å². The second-order valence-corrected chi connectivity index (χ2v) is 4.94. The molecule has 0 radical (unpaired) electrons. The molecule has 16 heavy (non-hydrogen) atoms. The number of carbonyl (C=O) groups excluding carboxylic acids is 1. The maximum Gasteiger partial charge on any atom is 0.226 e. The molecule has 86 valence electrons. The zero-order chi connectivity index (χ0) is 11.5. The largest absolute Gasteiger partial charge is 0.298 e. The van der Waals surface area contributed by atoms with Gasteiger partial charge in [0, 0.05) is 25.6 Å². The second kappa shape index (κ2) is 4.98. The molecule has 0 N–H and O–H groups in total. The fraction of sp³-hybridized carbons (Fsp3) is 0.462. The summed E-state index contributed by atoms with van der Waals surface area (Å²) in [5, 5.41) is -0.192. The van der Waals surface area contributed by atoms with Crippen molar-refractivity contribution in [2.75, 3.05) is 13.1 Å². The molecule has 0 aromatic heterocycles. The third-order valence-electron chi connectivity index (χ3n) is 3.23. The van der Waals surface area contributed by atoms with E-state index in [0.717, 1.165) is 19.6 Å². The van der Waals surface area contributed by atoms with Gasteiger partial charge in [-0.15, -0.1) is 0 Å². The molecule has 0 saturated carbocycles. The lowest BCUT2D eigenvalue weighted by molar-refractivity contribution is -0.115. The molecule has 1 fully saturated rings. The zero-order valence-corrected chi connectivity index (χ0v) is 10.2. The van der Waals surface area contributed by atoms with Crippen LogP contribution in [0.5, 0.6) is 0 Å². The summed E-state index contributed by atoms with van der Waals surface area (Å²) in [5.74, 6) is 0.374. The normalized spacial score (nSPS) is 25.9. The molecular weight excluding hydrogens is 222 g/mol. The summed E-state index contributed by atoms with van der Waals surface area (Å²) in [6, 6.07) is 10.3. The van der Waals surface area contributed by atoms with Gasteiger partial charge < -0.3 is 0 Å². The lowest BCUT2D eigenvalue weighted by Gasteiger charge is -2.14. The number of hydrogen-bond donors (Lipinski definition) is 0. The number of carbonyl (C=O) groups is 1. The Bertz CT molecular complexity index is 365. The highest BCUT2D eigenvalue weighted by atomic mass is 35.5. The van der Waals surface area contributed by atoms with Crippen LogP contribution in [0.25, 0.3) is 0 Å². The van der Waals surface area contributed by atoms with Crippen LogP contribution >= 0.6 is 11.6 Å². The van der Waals surface area contributed by atoms with Gasteiger partial charge >= 0.3 is 0 Å². The van der Waals surface area contributed by atoms with Crippen LogP contribution in [0.1, 0.15) is 12.5 Å². The molecule has 2 atom stereocenters. The highest BCUT2D eigenvalue weighted by molar-refractivity contribution is 6.64. The standard InChI is InChI=1S/C13H16ClNO/c1-10-7-15(9-12(10)13(14)16)8-11-5-3-2-4-6-11/h2-6,10,12H,7-9H2,1H3. The molecule has 0 spiro atoms. The molecule has 1 heterocycles. The summed E-state index contributed by atoms with van der Waals surface area (Å²) >= 11 is 5.58. The van der Waals surface area contributed by atoms with Crippen LogP contribution in [0.15, 0.2) is 30.3 Å². The first-order valence-electron chi connectivity index (χ1n) is 5.62. The van der Waals surface area contributed by atoms with E-state index in [-0.39, 0.29) is 11.2 Å². The quantitative estimate of drug-likeness (QED) is 0.753. The number of hydrogen-bond acceptors (Lipinski definition) is 2. The van der Waals surface area contributed by atoms with Crippen LogP contribution in [0, 0.1) is 11.8 Å². The van der Waals surface area contributed by atoms with Crippen LogP contribution in [0.2, 0.25) is 0 Å². The fourth-order valence-electron chi connectivity index (χ4n) is 2.33. The van der Waals surface area contributed by atoms with E-state index < -0.39 is 0 Å². The van der Waals surface area contributed by atoms with Crippen molar-refractivity contribution < 1.29 is 4.79 Å². The Balaban J connectivity index is 1.96. The topological polar surface area (TPSA) is 20.3 Å². The number of rotatable bonds is 3. The molecule has 1 aromatic carbocycles. The van der Waals surface area contributed by atoms with Gasteiger partial charge in [0.05, 0.1) is 0 Å². The van der Waals surface area contributed by atoms with Gasteiger partial charge in [-0.3, -0.25) is 9.69 Å². The predicted octanol–water partition coefficient (Wildman–Crippen LogP) is 2.52. The number of likely N-dealkylation sites (tertiary alicyclic amines) is 1. The van der Waals surface area contributed by atoms with E-state index in [9.17, 15) is 4.79 Å². The van der Waals surface area contributed by atoms with E-state index in [0.29, 0.717) is 5.92 Å². The Labute approximate surface area is 101 Å². The highest BCUT2D eigenvalue weighted by Crippen LogP contribution is 2.26. The van der Waals surface area contributed by atoms with Gasteiger partial charge in [-0.05, 0) is 23.1 Å². The maximum atomic E-state index is 11.2. The van der Waals surface area contributed by atoms with E-state index in [2.05, 4.69) is 24.0 Å². The molecule has 0 amide bonds. The van der Waals surface area contributed by atoms with Crippen molar-refractivity contribution in [3.63, 3.8) is 0 Å². The van der Waals surface area contributed by atoms with Crippen LogP contribution in [-0.2, 0) is 11.3 Å². The number of halogens is 1. The molecule has 1 saturated heterocycles. The van der Waals surface area contributed by atoms with Crippen LogP contribution in [0.3, 0.4) is 0 Å². The third-order valence-corrected chi connectivity index (χ3v) is 3.51. The van der Waals surface area contributed by atoms with Gasteiger partial charge in [-0.25, -0.2) is 0 Å². The minimum absolute atomic E-state index is 0.00498. The predicted molar refractivity (Wildman–Crippen MR) is 65.2 cm³/mol. The van der Waals surface area contributed by atoms with Crippen LogP contribution < -0.4 is 0 Å². The van der Waals surface area contributed by atoms with E-state index in [1.54, 1.807) is 0 Å². The van der Waals surface area contributed by atoms with Crippen molar-refractivity contribution in [2.45, 2.75) is 13.5 Å². The van der Waals surface area contributed by atoms with Gasteiger partial charge in [0.1, 0.15) is 0 Å². The summed E-state index contributed by atoms with van der Waals surface area (Å²) in [6.07, 6.45) is 0. The lowest BCUT2D eigenvalue weighted by Crippen LogP contribution is -2.21. The summed E-state index contributed by atoms with van der Waals surface area (Å²) in [6.45, 7) is 4.75. The van der Waals surface area contributed by atoms with Crippen molar-refractivity contribution >= 4 is 16.8 Å². The molecule has 1 aliphatic rings. The van der Waals surface area contributed by atoms with E-state index in [1.807, 2.05) is 18.2 Å². The number of nitrogens with zero attached hydrogens (tertiary/aromatic N) is 1. The lowest BCUT2D eigenvalue weighted by atomic mass is 10.0. The van der Waals surface area contributed by atoms with Crippen LogP contribution in [0.4, 0.5) is 0 Å². The minimum atomic E-state index is -0.192. The molecule has 1 aromatic rings. The Morgan fingerprint density at radius 1 is 1.38 bits per heavy atom. The van der Waals surface area contributed by atoms with Crippen molar-refractivity contribution in [1.82, 2.24) is 4.90 Å². The Morgan fingerprint density at radius 3 is 2.62 bits per heavy atom. The average Bonchev–Trinajstić information content (AvgIpc) is 2.61. The van der Waals surface area contributed by atoms with Crippen molar-refractivity contribution in [2.24, 2.45) is 11.8 Å². The Hall–Kier alpha value is -0.860. The number of benzene rings is 1. The molecule has 2 rings (SSSR count). The van der Waals surface area contributed by atoms with Crippen molar-refractivity contribution in [1.29, 1.82) is 0 Å². The van der Waals surface area contributed by atoms with Crippen LogP contribution in [-0.4, -0.2) is 23.2 Å². The molecular formula is C13H16ClNO. The van der Waals surface area contributed by atoms with E-state index >= 15 is 0 Å². The molecule has 0 bridgehead atoms. The maximum absolute atomic E-state index is 11.2. The minimum Gasteiger partial charge on any atom is -0.298 e. The summed E-state index contributed by atoms with van der Waals surface area (Å²) in [5.41, 5.74) is 1.29. The average molecular weight is 238 g/mol.